The van der Waals surface area contributed by atoms with Gasteiger partial charge >= 0.3 is 12.1 Å². The molecule has 10 heteroatoms. The zero-order chi connectivity index (χ0) is 29.3. The number of carboxylic acid groups (broad SMARTS) is 1. The van der Waals surface area contributed by atoms with E-state index in [1.54, 1.807) is 54.2 Å². The van der Waals surface area contributed by atoms with E-state index in [4.69, 9.17) is 16.7 Å². The van der Waals surface area contributed by atoms with Crippen molar-refractivity contribution in [3.63, 3.8) is 0 Å². The van der Waals surface area contributed by atoms with Crippen LogP contribution in [0, 0.1) is 0 Å². The van der Waals surface area contributed by atoms with Crippen LogP contribution in [0.1, 0.15) is 50.4 Å². The summed E-state index contributed by atoms with van der Waals surface area (Å²) in [6.07, 6.45) is -2.86. The van der Waals surface area contributed by atoms with Crippen LogP contribution >= 0.6 is 11.6 Å². The molecule has 1 aromatic heterocycles. The first-order valence-electron chi connectivity index (χ1n) is 12.6. The van der Waals surface area contributed by atoms with Crippen LogP contribution in [0.2, 0.25) is 5.02 Å². The van der Waals surface area contributed by atoms with E-state index in [9.17, 15) is 22.8 Å². The van der Waals surface area contributed by atoms with Crippen molar-refractivity contribution in [1.29, 1.82) is 0 Å². The van der Waals surface area contributed by atoms with Gasteiger partial charge in [0.1, 0.15) is 0 Å². The molecule has 4 aromatic carbocycles. The molecule has 0 fully saturated rings. The fourth-order valence-electron chi connectivity index (χ4n) is 4.62. The van der Waals surface area contributed by atoms with Crippen LogP contribution in [0.3, 0.4) is 0 Å². The second-order valence-corrected chi connectivity index (χ2v) is 10.0. The van der Waals surface area contributed by atoms with Gasteiger partial charge in [-0.1, -0.05) is 48.0 Å². The van der Waals surface area contributed by atoms with Gasteiger partial charge < -0.3 is 10.4 Å². The van der Waals surface area contributed by atoms with Gasteiger partial charge in [-0.3, -0.25) is 9.48 Å². The van der Waals surface area contributed by atoms with Crippen molar-refractivity contribution in [3.8, 4) is 11.1 Å². The molecule has 0 aliphatic heterocycles. The van der Waals surface area contributed by atoms with Crippen LogP contribution in [0.25, 0.3) is 22.0 Å². The summed E-state index contributed by atoms with van der Waals surface area (Å²) in [5.41, 5.74) is 2.82. The summed E-state index contributed by atoms with van der Waals surface area (Å²) in [4.78, 5) is 24.9. The maximum absolute atomic E-state index is 13.7. The Morgan fingerprint density at radius 3 is 2.32 bits per heavy atom. The highest BCUT2D eigenvalue weighted by molar-refractivity contribution is 6.30. The maximum atomic E-state index is 13.7. The van der Waals surface area contributed by atoms with Crippen LogP contribution in [0.5, 0.6) is 0 Å². The molecule has 5 aromatic rings. The molecule has 0 aliphatic rings. The molecule has 0 saturated heterocycles. The number of nitrogens with one attached hydrogen (secondary N) is 1. The number of alkyl halides is 3. The van der Waals surface area contributed by atoms with Gasteiger partial charge in [0.25, 0.3) is 5.91 Å². The first-order valence-corrected chi connectivity index (χ1v) is 12.9. The fraction of sp³-hybridized carbons (Fsp3) is 0.129. The van der Waals surface area contributed by atoms with Gasteiger partial charge in [-0.25, -0.2) is 4.79 Å². The summed E-state index contributed by atoms with van der Waals surface area (Å²) in [5, 5.41) is 17.8. The first kappa shape index (κ1) is 27.9. The third-order valence-electron chi connectivity index (χ3n) is 6.75. The molecule has 2 N–H and O–H groups in total. The molecule has 5 rings (SSSR count). The van der Waals surface area contributed by atoms with E-state index < -0.39 is 29.7 Å². The molecule has 1 amide bonds. The van der Waals surface area contributed by atoms with E-state index >= 15 is 0 Å². The monoisotopic (exact) mass is 577 g/mol. The SMILES string of the molecule is C[C@H](NC(=O)c1cc(-c2ccc(C(F)(F)F)cc2)cc2cnn(Cc3cccc(Cl)c3)c12)c1ccc(C(=O)O)cc1. The van der Waals surface area contributed by atoms with E-state index in [1.165, 1.54) is 24.3 Å². The zero-order valence-electron chi connectivity index (χ0n) is 21.6. The molecule has 1 heterocycles. The highest BCUT2D eigenvalue weighted by atomic mass is 35.5. The molecule has 1 atom stereocenters. The molecule has 0 spiro atoms. The number of benzene rings is 4. The number of aromatic carboxylic acids is 1. The molecule has 41 heavy (non-hydrogen) atoms. The quantitative estimate of drug-likeness (QED) is 0.208. The van der Waals surface area contributed by atoms with Crippen molar-refractivity contribution < 1.29 is 27.9 Å². The topological polar surface area (TPSA) is 84.2 Å². The van der Waals surface area contributed by atoms with Gasteiger partial charge in [0.15, 0.2) is 0 Å². The predicted molar refractivity (Wildman–Crippen MR) is 150 cm³/mol. The Morgan fingerprint density at radius 2 is 1.68 bits per heavy atom. The molecule has 0 unspecified atom stereocenters. The summed E-state index contributed by atoms with van der Waals surface area (Å²) in [5.74, 6) is -1.48. The normalized spacial score (nSPS) is 12.3. The van der Waals surface area contributed by atoms with Crippen molar-refractivity contribution in [3.05, 3.63) is 124 Å². The molecule has 0 radical (unpaired) electrons. The Hall–Kier alpha value is -4.63. The number of rotatable bonds is 7. The highest BCUT2D eigenvalue weighted by Crippen LogP contribution is 2.33. The minimum absolute atomic E-state index is 0.128. The predicted octanol–water partition coefficient (Wildman–Crippen LogP) is 7.61. The van der Waals surface area contributed by atoms with Gasteiger partial charge in [-0.05, 0) is 77.7 Å². The largest absolute Gasteiger partial charge is 0.478 e. The number of aromatic nitrogens is 2. The number of carboxylic acids is 1. The molecule has 0 saturated carbocycles. The van der Waals surface area contributed by atoms with Crippen molar-refractivity contribution in [2.24, 2.45) is 0 Å². The van der Waals surface area contributed by atoms with Crippen molar-refractivity contribution in [2.75, 3.05) is 0 Å². The van der Waals surface area contributed by atoms with E-state index in [-0.39, 0.29) is 11.1 Å². The number of halogens is 4. The Labute approximate surface area is 238 Å². The molecule has 208 valence electrons. The van der Waals surface area contributed by atoms with Gasteiger partial charge in [0.2, 0.25) is 0 Å². The lowest BCUT2D eigenvalue weighted by atomic mass is 9.98. The smallest absolute Gasteiger partial charge is 0.416 e. The van der Waals surface area contributed by atoms with Gasteiger partial charge in [-0.2, -0.15) is 18.3 Å². The fourth-order valence-corrected chi connectivity index (χ4v) is 4.84. The number of carbonyl (C=O) groups is 2. The third kappa shape index (κ3) is 6.10. The van der Waals surface area contributed by atoms with Crippen LogP contribution < -0.4 is 5.32 Å². The maximum Gasteiger partial charge on any atom is 0.416 e. The molecular weight excluding hydrogens is 555 g/mol. The van der Waals surface area contributed by atoms with Crippen LogP contribution in [0.4, 0.5) is 13.2 Å². The Bertz CT molecular complexity index is 1750. The zero-order valence-corrected chi connectivity index (χ0v) is 22.4. The molecule has 6 nitrogen and oxygen atoms in total. The summed E-state index contributed by atoms with van der Waals surface area (Å²) >= 11 is 6.16. The van der Waals surface area contributed by atoms with Crippen molar-refractivity contribution in [1.82, 2.24) is 15.1 Å². The highest BCUT2D eigenvalue weighted by Gasteiger charge is 2.30. The van der Waals surface area contributed by atoms with Crippen LogP contribution in [-0.4, -0.2) is 26.8 Å². The van der Waals surface area contributed by atoms with Gasteiger partial charge in [0, 0.05) is 10.4 Å². The number of hydrogen-bond acceptors (Lipinski definition) is 3. The standard InChI is InChI=1S/C31H23ClF3N3O3/c1-18(20-5-7-22(8-6-20)30(40)41)37-29(39)27-15-23(21-9-11-25(12-10-21)31(33,34)35)14-24-16-36-38(28(24)27)17-19-3-2-4-26(32)13-19/h2-16,18H,17H2,1H3,(H,37,39)(H,40,41)/t18-/m0/s1. The van der Waals surface area contributed by atoms with Crippen molar-refractivity contribution >= 4 is 34.4 Å². The minimum Gasteiger partial charge on any atom is -0.478 e. The molecule has 0 aliphatic carbocycles. The number of nitrogens with zero attached hydrogens (tertiary/aromatic N) is 2. The lowest BCUT2D eigenvalue weighted by Gasteiger charge is -2.17. The summed E-state index contributed by atoms with van der Waals surface area (Å²) in [6.45, 7) is 2.10. The van der Waals surface area contributed by atoms with E-state index in [0.717, 1.165) is 17.7 Å². The van der Waals surface area contributed by atoms with E-state index in [2.05, 4.69) is 10.4 Å². The summed E-state index contributed by atoms with van der Waals surface area (Å²) < 4.78 is 41.1. The minimum atomic E-state index is -4.46. The number of hydrogen-bond donors (Lipinski definition) is 2. The Kier molecular flexibility index (Phi) is 7.55. The molecule has 0 bridgehead atoms. The van der Waals surface area contributed by atoms with Crippen LogP contribution in [-0.2, 0) is 12.7 Å². The second kappa shape index (κ2) is 11.1. The van der Waals surface area contributed by atoms with Crippen molar-refractivity contribution in [2.45, 2.75) is 25.7 Å². The third-order valence-corrected chi connectivity index (χ3v) is 6.99. The van der Waals surface area contributed by atoms with Crippen LogP contribution in [0.15, 0.2) is 91.1 Å². The summed E-state index contributed by atoms with van der Waals surface area (Å²) in [6, 6.07) is 21.1. The first-order chi connectivity index (χ1) is 19.5. The lowest BCUT2D eigenvalue weighted by molar-refractivity contribution is -0.137. The average Bonchev–Trinajstić information content (AvgIpc) is 3.34. The molecular formula is C31H23ClF3N3O3. The van der Waals surface area contributed by atoms with E-state index in [0.29, 0.717) is 39.2 Å². The number of amides is 1. The number of fused-ring (bicyclic) bond motifs is 1. The van der Waals surface area contributed by atoms with Gasteiger partial charge in [-0.15, -0.1) is 0 Å². The second-order valence-electron chi connectivity index (χ2n) is 9.59. The van der Waals surface area contributed by atoms with Gasteiger partial charge in [0.05, 0.1) is 41.0 Å². The number of carbonyl (C=O) groups excluding carboxylic acids is 1. The Balaban J connectivity index is 1.55. The average molecular weight is 578 g/mol. The summed E-state index contributed by atoms with van der Waals surface area (Å²) in [7, 11) is 0. The van der Waals surface area contributed by atoms with E-state index in [1.807, 2.05) is 12.1 Å². The Morgan fingerprint density at radius 1 is 0.976 bits per heavy atom. The lowest BCUT2D eigenvalue weighted by Crippen LogP contribution is -2.27.